The van der Waals surface area contributed by atoms with E-state index in [1.54, 1.807) is 0 Å². The summed E-state index contributed by atoms with van der Waals surface area (Å²) in [4.78, 5) is 12.0. The number of nitrogens with one attached hydrogen (secondary N) is 1. The molecule has 0 aromatic heterocycles. The molecule has 2 aromatic rings. The largest absolute Gasteiger partial charge is 0.346 e. The van der Waals surface area contributed by atoms with E-state index >= 15 is 0 Å². The van der Waals surface area contributed by atoms with Crippen molar-refractivity contribution in [1.29, 1.82) is 0 Å². The molecule has 0 aliphatic heterocycles. The van der Waals surface area contributed by atoms with E-state index in [0.29, 0.717) is 5.56 Å². The van der Waals surface area contributed by atoms with Gasteiger partial charge in [0.25, 0.3) is 5.91 Å². The maximum atomic E-state index is 12.0. The zero-order valence-corrected chi connectivity index (χ0v) is 11.4. The lowest BCUT2D eigenvalue weighted by molar-refractivity contribution is 0.0940. The minimum atomic E-state index is -0.0346. The molecule has 0 heterocycles. The number of rotatable bonds is 4. The second-order valence-electron chi connectivity index (χ2n) is 4.66. The highest BCUT2D eigenvalue weighted by molar-refractivity contribution is 5.94. The SMILES string of the molecule is CCc1ccc(C(C)NC(=O)c2ccccc2)cc1. The van der Waals surface area contributed by atoms with Crippen molar-refractivity contribution in [2.45, 2.75) is 26.3 Å². The summed E-state index contributed by atoms with van der Waals surface area (Å²) in [5, 5.41) is 3.01. The Hall–Kier alpha value is -2.09. The van der Waals surface area contributed by atoms with Gasteiger partial charge in [0.2, 0.25) is 0 Å². The van der Waals surface area contributed by atoms with Crippen LogP contribution in [-0.2, 0) is 6.42 Å². The zero-order chi connectivity index (χ0) is 13.7. The van der Waals surface area contributed by atoms with Crippen LogP contribution in [0.1, 0.15) is 41.4 Å². The lowest BCUT2D eigenvalue weighted by Gasteiger charge is -2.14. The summed E-state index contributed by atoms with van der Waals surface area (Å²) in [5.74, 6) is -0.0346. The fraction of sp³-hybridized carbons (Fsp3) is 0.235. The van der Waals surface area contributed by atoms with Crippen molar-refractivity contribution < 1.29 is 4.79 Å². The minimum absolute atomic E-state index is 0.0126. The van der Waals surface area contributed by atoms with Crippen LogP contribution in [0.25, 0.3) is 0 Å². The summed E-state index contributed by atoms with van der Waals surface area (Å²) in [5.41, 5.74) is 3.13. The predicted molar refractivity (Wildman–Crippen MR) is 78.1 cm³/mol. The van der Waals surface area contributed by atoms with Gasteiger partial charge in [0.1, 0.15) is 0 Å². The Kier molecular flexibility index (Phi) is 4.35. The van der Waals surface area contributed by atoms with Gasteiger partial charge in [-0.1, -0.05) is 49.4 Å². The van der Waals surface area contributed by atoms with E-state index in [1.165, 1.54) is 5.56 Å². The first kappa shape index (κ1) is 13.3. The molecule has 2 heteroatoms. The minimum Gasteiger partial charge on any atom is -0.346 e. The molecule has 0 bridgehead atoms. The second-order valence-corrected chi connectivity index (χ2v) is 4.66. The molecule has 2 nitrogen and oxygen atoms in total. The molecule has 0 aliphatic carbocycles. The zero-order valence-electron chi connectivity index (χ0n) is 11.4. The quantitative estimate of drug-likeness (QED) is 0.883. The summed E-state index contributed by atoms with van der Waals surface area (Å²) in [7, 11) is 0. The molecule has 2 aromatic carbocycles. The van der Waals surface area contributed by atoms with Gasteiger partial charge in [-0.05, 0) is 36.6 Å². The first-order valence-corrected chi connectivity index (χ1v) is 6.65. The Morgan fingerprint density at radius 2 is 1.68 bits per heavy atom. The van der Waals surface area contributed by atoms with Crippen molar-refractivity contribution in [2.24, 2.45) is 0 Å². The highest BCUT2D eigenvalue weighted by Crippen LogP contribution is 2.14. The molecular formula is C17H19NO. The van der Waals surface area contributed by atoms with Crippen molar-refractivity contribution in [2.75, 3.05) is 0 Å². The van der Waals surface area contributed by atoms with Crippen LogP contribution in [0.3, 0.4) is 0 Å². The van der Waals surface area contributed by atoms with Crippen molar-refractivity contribution >= 4 is 5.91 Å². The molecule has 0 saturated carbocycles. The number of aryl methyl sites for hydroxylation is 1. The summed E-state index contributed by atoms with van der Waals surface area (Å²) in [6, 6.07) is 17.7. The van der Waals surface area contributed by atoms with E-state index in [2.05, 4.69) is 36.5 Å². The van der Waals surface area contributed by atoms with E-state index in [-0.39, 0.29) is 11.9 Å². The second kappa shape index (κ2) is 6.19. The van der Waals surface area contributed by atoms with Crippen LogP contribution in [0.4, 0.5) is 0 Å². The lowest BCUT2D eigenvalue weighted by Crippen LogP contribution is -2.26. The summed E-state index contributed by atoms with van der Waals surface area (Å²) in [6.07, 6.45) is 1.03. The van der Waals surface area contributed by atoms with Gasteiger partial charge in [-0.15, -0.1) is 0 Å². The monoisotopic (exact) mass is 253 g/mol. The number of hydrogen-bond donors (Lipinski definition) is 1. The number of benzene rings is 2. The van der Waals surface area contributed by atoms with Crippen molar-refractivity contribution in [3.05, 3.63) is 71.3 Å². The standard InChI is InChI=1S/C17H19NO/c1-3-14-9-11-15(12-10-14)13(2)18-17(19)16-7-5-4-6-8-16/h4-13H,3H2,1-2H3,(H,18,19). The van der Waals surface area contributed by atoms with E-state index in [4.69, 9.17) is 0 Å². The first-order valence-electron chi connectivity index (χ1n) is 6.65. The van der Waals surface area contributed by atoms with Crippen LogP contribution >= 0.6 is 0 Å². The smallest absolute Gasteiger partial charge is 0.251 e. The molecular weight excluding hydrogens is 234 g/mol. The Morgan fingerprint density at radius 1 is 1.05 bits per heavy atom. The molecule has 1 unspecified atom stereocenters. The highest BCUT2D eigenvalue weighted by atomic mass is 16.1. The molecule has 2 rings (SSSR count). The topological polar surface area (TPSA) is 29.1 Å². The van der Waals surface area contributed by atoms with Gasteiger partial charge in [0.15, 0.2) is 0 Å². The molecule has 1 amide bonds. The van der Waals surface area contributed by atoms with Crippen LogP contribution in [-0.4, -0.2) is 5.91 Å². The predicted octanol–water partition coefficient (Wildman–Crippen LogP) is 3.74. The van der Waals surface area contributed by atoms with Crippen molar-refractivity contribution in [3.63, 3.8) is 0 Å². The number of carbonyl (C=O) groups excluding carboxylic acids is 1. The summed E-state index contributed by atoms with van der Waals surface area (Å²) < 4.78 is 0. The Morgan fingerprint density at radius 3 is 2.26 bits per heavy atom. The molecule has 0 aliphatic rings. The van der Waals surface area contributed by atoms with Crippen LogP contribution in [0.2, 0.25) is 0 Å². The van der Waals surface area contributed by atoms with Crippen molar-refractivity contribution in [1.82, 2.24) is 5.32 Å². The molecule has 1 atom stereocenters. The molecule has 19 heavy (non-hydrogen) atoms. The normalized spacial score (nSPS) is 11.9. The van der Waals surface area contributed by atoms with Gasteiger partial charge in [0, 0.05) is 5.56 Å². The van der Waals surface area contributed by atoms with Gasteiger partial charge >= 0.3 is 0 Å². The Labute approximate surface area is 114 Å². The summed E-state index contributed by atoms with van der Waals surface area (Å²) in [6.45, 7) is 4.14. The van der Waals surface area contributed by atoms with Crippen LogP contribution in [0.5, 0.6) is 0 Å². The van der Waals surface area contributed by atoms with E-state index < -0.39 is 0 Å². The average Bonchev–Trinajstić information content (AvgIpc) is 2.48. The third-order valence-corrected chi connectivity index (χ3v) is 3.27. The van der Waals surface area contributed by atoms with E-state index in [0.717, 1.165) is 12.0 Å². The van der Waals surface area contributed by atoms with Crippen LogP contribution < -0.4 is 5.32 Å². The Bertz CT molecular complexity index is 531. The molecule has 98 valence electrons. The fourth-order valence-electron chi connectivity index (χ4n) is 1.99. The van der Waals surface area contributed by atoms with Crippen LogP contribution in [0.15, 0.2) is 54.6 Å². The maximum absolute atomic E-state index is 12.0. The van der Waals surface area contributed by atoms with Gasteiger partial charge in [0.05, 0.1) is 6.04 Å². The van der Waals surface area contributed by atoms with E-state index in [9.17, 15) is 4.79 Å². The first-order chi connectivity index (χ1) is 9.20. The maximum Gasteiger partial charge on any atom is 0.251 e. The average molecular weight is 253 g/mol. The fourth-order valence-corrected chi connectivity index (χ4v) is 1.99. The van der Waals surface area contributed by atoms with Gasteiger partial charge in [-0.25, -0.2) is 0 Å². The molecule has 0 spiro atoms. The van der Waals surface area contributed by atoms with Gasteiger partial charge in [-0.2, -0.15) is 0 Å². The van der Waals surface area contributed by atoms with Crippen molar-refractivity contribution in [3.8, 4) is 0 Å². The van der Waals surface area contributed by atoms with Gasteiger partial charge in [-0.3, -0.25) is 4.79 Å². The molecule has 1 N–H and O–H groups in total. The lowest BCUT2D eigenvalue weighted by atomic mass is 10.0. The number of hydrogen-bond acceptors (Lipinski definition) is 1. The van der Waals surface area contributed by atoms with Crippen LogP contribution in [0, 0.1) is 0 Å². The van der Waals surface area contributed by atoms with Gasteiger partial charge < -0.3 is 5.32 Å². The summed E-state index contributed by atoms with van der Waals surface area (Å²) >= 11 is 0. The Balaban J connectivity index is 2.04. The molecule has 0 saturated heterocycles. The third-order valence-electron chi connectivity index (χ3n) is 3.27. The van der Waals surface area contributed by atoms with E-state index in [1.807, 2.05) is 37.3 Å². The molecule has 0 radical (unpaired) electrons. The molecule has 0 fully saturated rings. The number of carbonyl (C=O) groups is 1. The third kappa shape index (κ3) is 3.44. The number of amides is 1. The highest BCUT2D eigenvalue weighted by Gasteiger charge is 2.10.